The maximum Gasteiger partial charge on any atom is 0.392 e. The standard InChI is InChI=1S/C14H12ClF3N4O3/c15-10-2-1-7(5-19-10)6-21-13(25)22-9(12(23)24)3-8(14(16,17)18)4-11(22)20-21/h1-2,5,8-9H,3-4,6H2,(H,23,24). The molecule has 11 heteroatoms. The van der Waals surface area contributed by atoms with Crippen LogP contribution in [0.15, 0.2) is 23.1 Å². The van der Waals surface area contributed by atoms with Crippen LogP contribution in [0.2, 0.25) is 5.15 Å². The number of carboxylic acid groups (broad SMARTS) is 1. The molecule has 1 aliphatic rings. The van der Waals surface area contributed by atoms with Crippen LogP contribution < -0.4 is 5.69 Å². The molecule has 0 saturated heterocycles. The fourth-order valence-corrected chi connectivity index (χ4v) is 2.94. The second kappa shape index (κ2) is 6.17. The molecule has 0 radical (unpaired) electrons. The highest BCUT2D eigenvalue weighted by atomic mass is 35.5. The van der Waals surface area contributed by atoms with Crippen molar-refractivity contribution in [2.24, 2.45) is 5.92 Å². The van der Waals surface area contributed by atoms with Crippen LogP contribution in [-0.2, 0) is 17.8 Å². The minimum absolute atomic E-state index is 0.0496. The predicted molar refractivity (Wildman–Crippen MR) is 79.4 cm³/mol. The number of fused-ring (bicyclic) bond motifs is 1. The lowest BCUT2D eigenvalue weighted by atomic mass is 9.92. The zero-order valence-electron chi connectivity index (χ0n) is 12.6. The number of halogens is 4. The maximum atomic E-state index is 13.0. The average Bonchev–Trinajstić information content (AvgIpc) is 2.84. The Hall–Kier alpha value is -2.36. The van der Waals surface area contributed by atoms with Crippen molar-refractivity contribution in [3.8, 4) is 0 Å². The first-order chi connectivity index (χ1) is 11.7. The van der Waals surface area contributed by atoms with E-state index in [1.165, 1.54) is 12.3 Å². The first-order valence-electron chi connectivity index (χ1n) is 7.25. The zero-order valence-corrected chi connectivity index (χ0v) is 13.3. The normalized spacial score (nSPS) is 20.3. The fourth-order valence-electron chi connectivity index (χ4n) is 2.83. The number of aromatic nitrogens is 4. The molecule has 7 nitrogen and oxygen atoms in total. The molecule has 0 bridgehead atoms. The molecule has 2 atom stereocenters. The Labute approximate surface area is 143 Å². The van der Waals surface area contributed by atoms with Crippen molar-refractivity contribution in [1.82, 2.24) is 19.3 Å². The Morgan fingerprint density at radius 3 is 2.68 bits per heavy atom. The third-order valence-corrected chi connectivity index (χ3v) is 4.28. The molecule has 25 heavy (non-hydrogen) atoms. The topological polar surface area (TPSA) is 90.0 Å². The Balaban J connectivity index is 1.99. The summed E-state index contributed by atoms with van der Waals surface area (Å²) in [6.07, 6.45) is -4.38. The summed E-state index contributed by atoms with van der Waals surface area (Å²) in [4.78, 5) is 27.6. The van der Waals surface area contributed by atoms with Crippen molar-refractivity contribution >= 4 is 17.6 Å². The van der Waals surface area contributed by atoms with Gasteiger partial charge < -0.3 is 5.11 Å². The molecular formula is C14H12ClF3N4O3. The summed E-state index contributed by atoms with van der Waals surface area (Å²) in [6, 6.07) is 1.49. The summed E-state index contributed by atoms with van der Waals surface area (Å²) in [5.41, 5.74) is -0.209. The number of aliphatic carboxylic acids is 1. The van der Waals surface area contributed by atoms with Gasteiger partial charge in [-0.15, -0.1) is 0 Å². The van der Waals surface area contributed by atoms with E-state index in [2.05, 4.69) is 10.1 Å². The number of pyridine rings is 1. The van der Waals surface area contributed by atoms with Gasteiger partial charge in [0.15, 0.2) is 0 Å². The number of rotatable bonds is 3. The summed E-state index contributed by atoms with van der Waals surface area (Å²) >= 11 is 5.67. The van der Waals surface area contributed by atoms with Gasteiger partial charge in [-0.1, -0.05) is 17.7 Å². The molecule has 1 N–H and O–H groups in total. The zero-order chi connectivity index (χ0) is 18.4. The first kappa shape index (κ1) is 17.5. The van der Waals surface area contributed by atoms with Gasteiger partial charge >= 0.3 is 17.8 Å². The van der Waals surface area contributed by atoms with E-state index in [9.17, 15) is 27.9 Å². The highest BCUT2D eigenvalue weighted by Gasteiger charge is 2.47. The minimum atomic E-state index is -4.56. The van der Waals surface area contributed by atoms with Crippen molar-refractivity contribution in [3.05, 3.63) is 45.4 Å². The van der Waals surface area contributed by atoms with Crippen LogP contribution in [0.4, 0.5) is 13.2 Å². The molecular weight excluding hydrogens is 365 g/mol. The number of hydrogen-bond donors (Lipinski definition) is 1. The highest BCUT2D eigenvalue weighted by molar-refractivity contribution is 6.29. The summed E-state index contributed by atoms with van der Waals surface area (Å²) in [7, 11) is 0. The van der Waals surface area contributed by atoms with E-state index in [1.807, 2.05) is 0 Å². The average molecular weight is 377 g/mol. The van der Waals surface area contributed by atoms with Crippen LogP contribution >= 0.6 is 11.6 Å². The lowest BCUT2D eigenvalue weighted by Gasteiger charge is -2.28. The quantitative estimate of drug-likeness (QED) is 0.826. The number of hydrogen-bond acceptors (Lipinski definition) is 4. The first-order valence-corrected chi connectivity index (χ1v) is 7.62. The molecule has 1 aliphatic heterocycles. The Morgan fingerprint density at radius 1 is 1.40 bits per heavy atom. The Morgan fingerprint density at radius 2 is 2.12 bits per heavy atom. The van der Waals surface area contributed by atoms with Crippen LogP contribution in [0.25, 0.3) is 0 Å². The molecule has 2 aromatic rings. The van der Waals surface area contributed by atoms with E-state index < -0.39 is 42.6 Å². The number of alkyl halides is 3. The van der Waals surface area contributed by atoms with Crippen LogP contribution in [0.3, 0.4) is 0 Å². The predicted octanol–water partition coefficient (Wildman–Crippen LogP) is 1.89. The van der Waals surface area contributed by atoms with Gasteiger partial charge in [-0.05, 0) is 18.1 Å². The van der Waals surface area contributed by atoms with Gasteiger partial charge in [0.2, 0.25) is 0 Å². The van der Waals surface area contributed by atoms with Gasteiger partial charge in [-0.2, -0.15) is 18.3 Å². The largest absolute Gasteiger partial charge is 0.480 e. The van der Waals surface area contributed by atoms with E-state index in [4.69, 9.17) is 11.6 Å². The molecule has 0 aliphatic carbocycles. The van der Waals surface area contributed by atoms with Crippen molar-refractivity contribution in [2.45, 2.75) is 31.6 Å². The second-order valence-electron chi connectivity index (χ2n) is 5.75. The van der Waals surface area contributed by atoms with Gasteiger partial charge in [0.25, 0.3) is 0 Å². The lowest BCUT2D eigenvalue weighted by molar-refractivity contribution is -0.183. The van der Waals surface area contributed by atoms with Crippen LogP contribution in [0.5, 0.6) is 0 Å². The molecule has 2 aromatic heterocycles. The third-order valence-electron chi connectivity index (χ3n) is 4.06. The van der Waals surface area contributed by atoms with Crippen molar-refractivity contribution in [3.63, 3.8) is 0 Å². The monoisotopic (exact) mass is 376 g/mol. The Kier molecular flexibility index (Phi) is 4.31. The third kappa shape index (κ3) is 3.39. The number of carbonyl (C=O) groups is 1. The molecule has 134 valence electrons. The van der Waals surface area contributed by atoms with Crippen LogP contribution in [-0.4, -0.2) is 36.6 Å². The van der Waals surface area contributed by atoms with Gasteiger partial charge in [0, 0.05) is 12.6 Å². The van der Waals surface area contributed by atoms with Gasteiger partial charge in [-0.3, -0.25) is 4.57 Å². The van der Waals surface area contributed by atoms with Crippen molar-refractivity contribution in [2.75, 3.05) is 0 Å². The molecule has 0 fully saturated rings. The molecule has 2 unspecified atom stereocenters. The molecule has 0 saturated carbocycles. The van der Waals surface area contributed by atoms with E-state index in [1.54, 1.807) is 6.07 Å². The van der Waals surface area contributed by atoms with E-state index in [-0.39, 0.29) is 17.5 Å². The van der Waals surface area contributed by atoms with E-state index in [0.717, 1.165) is 9.25 Å². The Bertz CT molecular complexity index is 860. The summed E-state index contributed by atoms with van der Waals surface area (Å²) in [5, 5.41) is 13.4. The lowest BCUT2D eigenvalue weighted by Crippen LogP contribution is -2.40. The van der Waals surface area contributed by atoms with Gasteiger partial charge in [-0.25, -0.2) is 19.3 Å². The molecule has 0 aromatic carbocycles. The smallest absolute Gasteiger partial charge is 0.392 e. The summed E-state index contributed by atoms with van der Waals surface area (Å²) in [5.74, 6) is -3.54. The van der Waals surface area contributed by atoms with Crippen molar-refractivity contribution in [1.29, 1.82) is 0 Å². The molecule has 3 heterocycles. The number of carboxylic acids is 1. The van der Waals surface area contributed by atoms with E-state index in [0.29, 0.717) is 5.56 Å². The van der Waals surface area contributed by atoms with Crippen LogP contribution in [0, 0.1) is 5.92 Å². The highest BCUT2D eigenvalue weighted by Crippen LogP contribution is 2.38. The summed E-state index contributed by atoms with van der Waals surface area (Å²) < 4.78 is 40.9. The summed E-state index contributed by atoms with van der Waals surface area (Å²) in [6.45, 7) is -0.0496. The fraction of sp³-hybridized carbons (Fsp3) is 0.429. The van der Waals surface area contributed by atoms with Crippen LogP contribution in [0.1, 0.15) is 23.9 Å². The second-order valence-corrected chi connectivity index (χ2v) is 6.14. The van der Waals surface area contributed by atoms with Crippen molar-refractivity contribution < 1.29 is 23.1 Å². The molecule has 0 spiro atoms. The molecule has 0 amide bonds. The van der Waals surface area contributed by atoms with E-state index >= 15 is 0 Å². The van der Waals surface area contributed by atoms with Gasteiger partial charge in [0.05, 0.1) is 12.5 Å². The minimum Gasteiger partial charge on any atom is -0.480 e. The maximum absolute atomic E-state index is 13.0. The SMILES string of the molecule is O=C(O)C1CC(C(F)(F)F)Cc2nn(Cc3ccc(Cl)nc3)c(=O)n21. The molecule has 3 rings (SSSR count). The van der Waals surface area contributed by atoms with Gasteiger partial charge in [0.1, 0.15) is 17.0 Å². The number of nitrogens with zero attached hydrogens (tertiary/aromatic N) is 4.